The van der Waals surface area contributed by atoms with Gasteiger partial charge in [0, 0.05) is 16.2 Å². The normalized spacial score (nSPS) is 10.1. The van der Waals surface area contributed by atoms with Crippen LogP contribution < -0.4 is 11.1 Å². The fourth-order valence-corrected chi connectivity index (χ4v) is 1.75. The number of hydrogen-bond acceptors (Lipinski definition) is 3. The second kappa shape index (κ2) is 5.18. The van der Waals surface area contributed by atoms with Gasteiger partial charge >= 0.3 is 0 Å². The van der Waals surface area contributed by atoms with E-state index in [2.05, 4.69) is 26.2 Å². The Hall–Kier alpha value is -1.88. The van der Waals surface area contributed by atoms with E-state index in [1.54, 1.807) is 18.3 Å². The van der Waals surface area contributed by atoms with Crippen LogP contribution in [0.15, 0.2) is 41.1 Å². The maximum atomic E-state index is 12.0. The number of nitrogen functional groups attached to an aromatic ring is 1. The molecule has 0 aliphatic heterocycles. The standard InChI is InChI=1S/C13H12BrN3O/c1-8-6-9(2-3-10(8)14)13(18)17-12-4-5-16-7-11(12)15/h2-7H,15H2,1H3,(H,16,17,18). The molecule has 18 heavy (non-hydrogen) atoms. The van der Waals surface area contributed by atoms with E-state index < -0.39 is 0 Å². The van der Waals surface area contributed by atoms with E-state index in [9.17, 15) is 4.79 Å². The first-order valence-electron chi connectivity index (χ1n) is 5.35. The topological polar surface area (TPSA) is 68.0 Å². The molecule has 2 rings (SSSR count). The third kappa shape index (κ3) is 2.68. The second-order valence-electron chi connectivity index (χ2n) is 3.88. The van der Waals surface area contributed by atoms with Gasteiger partial charge in [-0.2, -0.15) is 0 Å². The van der Waals surface area contributed by atoms with Crippen LogP contribution in [0.4, 0.5) is 11.4 Å². The minimum atomic E-state index is -0.191. The molecule has 0 spiro atoms. The summed E-state index contributed by atoms with van der Waals surface area (Å²) in [5.74, 6) is -0.191. The molecule has 0 aliphatic carbocycles. The zero-order valence-electron chi connectivity index (χ0n) is 9.77. The van der Waals surface area contributed by atoms with E-state index in [0.29, 0.717) is 16.9 Å². The highest BCUT2D eigenvalue weighted by molar-refractivity contribution is 9.10. The summed E-state index contributed by atoms with van der Waals surface area (Å²) in [7, 11) is 0. The van der Waals surface area contributed by atoms with Crippen LogP contribution in [0, 0.1) is 6.92 Å². The lowest BCUT2D eigenvalue weighted by molar-refractivity contribution is 0.102. The summed E-state index contributed by atoms with van der Waals surface area (Å²) in [6.07, 6.45) is 3.08. The molecule has 92 valence electrons. The van der Waals surface area contributed by atoms with E-state index in [4.69, 9.17) is 5.73 Å². The number of aryl methyl sites for hydroxylation is 1. The molecule has 0 radical (unpaired) electrons. The average Bonchev–Trinajstić information content (AvgIpc) is 2.35. The lowest BCUT2D eigenvalue weighted by Gasteiger charge is -2.08. The predicted molar refractivity (Wildman–Crippen MR) is 75.5 cm³/mol. The molecule has 0 unspecified atom stereocenters. The fraction of sp³-hybridized carbons (Fsp3) is 0.0769. The number of carbonyl (C=O) groups is 1. The molecule has 2 aromatic rings. The summed E-state index contributed by atoms with van der Waals surface area (Å²) >= 11 is 3.40. The number of rotatable bonds is 2. The smallest absolute Gasteiger partial charge is 0.255 e. The minimum absolute atomic E-state index is 0.191. The molecule has 0 saturated heterocycles. The van der Waals surface area contributed by atoms with Gasteiger partial charge in [0.25, 0.3) is 5.91 Å². The molecule has 0 bridgehead atoms. The summed E-state index contributed by atoms with van der Waals surface area (Å²) < 4.78 is 0.975. The van der Waals surface area contributed by atoms with Crippen molar-refractivity contribution in [3.05, 3.63) is 52.3 Å². The van der Waals surface area contributed by atoms with Gasteiger partial charge in [0.15, 0.2) is 0 Å². The highest BCUT2D eigenvalue weighted by atomic mass is 79.9. The first-order valence-corrected chi connectivity index (χ1v) is 6.14. The Morgan fingerprint density at radius 2 is 2.17 bits per heavy atom. The van der Waals surface area contributed by atoms with Gasteiger partial charge in [0.2, 0.25) is 0 Å². The maximum absolute atomic E-state index is 12.0. The van der Waals surface area contributed by atoms with E-state index >= 15 is 0 Å². The van der Waals surface area contributed by atoms with E-state index in [1.807, 2.05) is 19.1 Å². The Labute approximate surface area is 113 Å². The van der Waals surface area contributed by atoms with Crippen molar-refractivity contribution in [2.75, 3.05) is 11.1 Å². The SMILES string of the molecule is Cc1cc(C(=O)Nc2ccncc2N)ccc1Br. The Morgan fingerprint density at radius 1 is 1.39 bits per heavy atom. The quantitative estimate of drug-likeness (QED) is 0.896. The molecule has 1 aromatic heterocycles. The molecular formula is C13H12BrN3O. The van der Waals surface area contributed by atoms with Crippen molar-refractivity contribution in [1.29, 1.82) is 0 Å². The van der Waals surface area contributed by atoms with Crippen LogP contribution in [0.3, 0.4) is 0 Å². The van der Waals surface area contributed by atoms with E-state index in [1.165, 1.54) is 6.20 Å². The number of carbonyl (C=O) groups excluding carboxylic acids is 1. The third-order valence-electron chi connectivity index (χ3n) is 2.52. The van der Waals surface area contributed by atoms with Gasteiger partial charge in [-0.3, -0.25) is 9.78 Å². The Balaban J connectivity index is 2.22. The van der Waals surface area contributed by atoms with Crippen LogP contribution in [0.2, 0.25) is 0 Å². The van der Waals surface area contributed by atoms with Crippen LogP contribution in [0.1, 0.15) is 15.9 Å². The van der Waals surface area contributed by atoms with Crippen molar-refractivity contribution in [3.8, 4) is 0 Å². The minimum Gasteiger partial charge on any atom is -0.396 e. The van der Waals surface area contributed by atoms with Gasteiger partial charge < -0.3 is 11.1 Å². The largest absolute Gasteiger partial charge is 0.396 e. The molecule has 3 N–H and O–H groups in total. The van der Waals surface area contributed by atoms with Gasteiger partial charge in [0.1, 0.15) is 0 Å². The maximum Gasteiger partial charge on any atom is 0.255 e. The van der Waals surface area contributed by atoms with Gasteiger partial charge in [-0.15, -0.1) is 0 Å². The summed E-state index contributed by atoms with van der Waals surface area (Å²) in [6, 6.07) is 7.08. The number of aromatic nitrogens is 1. The number of amides is 1. The predicted octanol–water partition coefficient (Wildman–Crippen LogP) is 2.99. The molecule has 0 aliphatic rings. The van der Waals surface area contributed by atoms with Gasteiger partial charge in [-0.1, -0.05) is 15.9 Å². The average molecular weight is 306 g/mol. The lowest BCUT2D eigenvalue weighted by Crippen LogP contribution is -2.13. The fourth-order valence-electron chi connectivity index (χ4n) is 1.50. The monoisotopic (exact) mass is 305 g/mol. The van der Waals surface area contributed by atoms with Crippen molar-refractivity contribution < 1.29 is 4.79 Å². The van der Waals surface area contributed by atoms with Crippen molar-refractivity contribution >= 4 is 33.2 Å². The van der Waals surface area contributed by atoms with Crippen molar-refractivity contribution in [2.24, 2.45) is 0 Å². The van der Waals surface area contributed by atoms with Gasteiger partial charge in [-0.05, 0) is 36.8 Å². The van der Waals surface area contributed by atoms with Crippen molar-refractivity contribution in [1.82, 2.24) is 4.98 Å². The molecule has 0 atom stereocenters. The van der Waals surface area contributed by atoms with Crippen LogP contribution in [-0.2, 0) is 0 Å². The Morgan fingerprint density at radius 3 is 2.83 bits per heavy atom. The molecule has 1 amide bonds. The summed E-state index contributed by atoms with van der Waals surface area (Å²) in [4.78, 5) is 15.9. The first-order chi connectivity index (χ1) is 8.58. The number of anilines is 2. The molecule has 1 aromatic carbocycles. The first kappa shape index (κ1) is 12.6. The highest BCUT2D eigenvalue weighted by Gasteiger charge is 2.08. The molecule has 1 heterocycles. The third-order valence-corrected chi connectivity index (χ3v) is 3.41. The van der Waals surface area contributed by atoms with Crippen LogP contribution in [-0.4, -0.2) is 10.9 Å². The molecule has 0 fully saturated rings. The van der Waals surface area contributed by atoms with Crippen molar-refractivity contribution in [3.63, 3.8) is 0 Å². The summed E-state index contributed by atoms with van der Waals surface area (Å²) in [6.45, 7) is 1.93. The highest BCUT2D eigenvalue weighted by Crippen LogP contribution is 2.20. The Bertz CT molecular complexity index is 599. The zero-order valence-corrected chi connectivity index (χ0v) is 11.4. The molecule has 4 nitrogen and oxygen atoms in total. The second-order valence-corrected chi connectivity index (χ2v) is 4.74. The van der Waals surface area contributed by atoms with E-state index in [-0.39, 0.29) is 5.91 Å². The zero-order chi connectivity index (χ0) is 13.1. The van der Waals surface area contributed by atoms with Crippen LogP contribution >= 0.6 is 15.9 Å². The number of nitrogens with two attached hydrogens (primary N) is 1. The Kier molecular flexibility index (Phi) is 3.62. The number of pyridine rings is 1. The number of benzene rings is 1. The number of nitrogens with one attached hydrogen (secondary N) is 1. The summed E-state index contributed by atoms with van der Waals surface area (Å²) in [5.41, 5.74) is 8.32. The van der Waals surface area contributed by atoms with E-state index in [0.717, 1.165) is 10.0 Å². The van der Waals surface area contributed by atoms with Crippen LogP contribution in [0.5, 0.6) is 0 Å². The van der Waals surface area contributed by atoms with Gasteiger partial charge in [-0.25, -0.2) is 0 Å². The number of hydrogen-bond donors (Lipinski definition) is 2. The van der Waals surface area contributed by atoms with Crippen LogP contribution in [0.25, 0.3) is 0 Å². The number of nitrogens with zero attached hydrogens (tertiary/aromatic N) is 1. The van der Waals surface area contributed by atoms with Crippen molar-refractivity contribution in [2.45, 2.75) is 6.92 Å². The van der Waals surface area contributed by atoms with Gasteiger partial charge in [0.05, 0.1) is 17.6 Å². The molecule has 0 saturated carbocycles. The number of halogens is 1. The molecule has 5 heteroatoms. The molecular weight excluding hydrogens is 294 g/mol. The summed E-state index contributed by atoms with van der Waals surface area (Å²) in [5, 5.41) is 2.75. The lowest BCUT2D eigenvalue weighted by atomic mass is 10.1.